The third-order valence-corrected chi connectivity index (χ3v) is 3.63. The van der Waals surface area contributed by atoms with Crippen molar-refractivity contribution in [3.8, 4) is 0 Å². The van der Waals surface area contributed by atoms with Crippen LogP contribution in [0.3, 0.4) is 0 Å². The summed E-state index contributed by atoms with van der Waals surface area (Å²) >= 11 is 0. The lowest BCUT2D eigenvalue weighted by atomic mass is 9.91. The fourth-order valence-corrected chi connectivity index (χ4v) is 2.13. The molecule has 0 bridgehead atoms. The first-order valence-electron chi connectivity index (χ1n) is 5.97. The number of nitrogens with zero attached hydrogens (tertiary/aromatic N) is 1. The van der Waals surface area contributed by atoms with Gasteiger partial charge in [-0.1, -0.05) is 6.92 Å². The molecule has 1 saturated heterocycles. The van der Waals surface area contributed by atoms with Crippen LogP contribution in [-0.4, -0.2) is 47.8 Å². The van der Waals surface area contributed by atoms with Crippen molar-refractivity contribution >= 4 is 0 Å². The Morgan fingerprint density at radius 2 is 2.07 bits per heavy atom. The number of likely N-dealkylation sites (tertiary alicyclic amines) is 1. The summed E-state index contributed by atoms with van der Waals surface area (Å²) in [6, 6.07) is 0.691. The van der Waals surface area contributed by atoms with Crippen LogP contribution in [0.5, 0.6) is 0 Å². The summed E-state index contributed by atoms with van der Waals surface area (Å²) in [4.78, 5) is 2.37. The van der Waals surface area contributed by atoms with Crippen molar-refractivity contribution in [1.82, 2.24) is 10.2 Å². The van der Waals surface area contributed by atoms with Crippen LogP contribution in [0.2, 0.25) is 0 Å². The van der Waals surface area contributed by atoms with Crippen LogP contribution in [0.4, 0.5) is 0 Å². The highest BCUT2D eigenvalue weighted by atomic mass is 16.3. The molecule has 1 rings (SSSR count). The quantitative estimate of drug-likeness (QED) is 0.738. The maximum Gasteiger partial charge on any atom is 0.0741 e. The molecule has 15 heavy (non-hydrogen) atoms. The van der Waals surface area contributed by atoms with Gasteiger partial charge in [-0.25, -0.2) is 0 Å². The van der Waals surface area contributed by atoms with E-state index in [1.165, 1.54) is 6.42 Å². The van der Waals surface area contributed by atoms with E-state index in [0.717, 1.165) is 13.1 Å². The first-order chi connectivity index (χ1) is 6.80. The maximum absolute atomic E-state index is 9.88. The molecule has 2 N–H and O–H groups in total. The van der Waals surface area contributed by atoms with Crippen LogP contribution in [-0.2, 0) is 0 Å². The van der Waals surface area contributed by atoms with Gasteiger partial charge in [-0.3, -0.25) is 0 Å². The molecule has 90 valence electrons. The summed E-state index contributed by atoms with van der Waals surface area (Å²) in [6.45, 7) is 10.4. The molecule has 0 aliphatic carbocycles. The molecule has 1 aliphatic heterocycles. The highest BCUT2D eigenvalue weighted by Crippen LogP contribution is 2.18. The molecule has 3 nitrogen and oxygen atoms in total. The van der Waals surface area contributed by atoms with E-state index < -0.39 is 5.60 Å². The van der Waals surface area contributed by atoms with Gasteiger partial charge in [-0.2, -0.15) is 0 Å². The van der Waals surface area contributed by atoms with Gasteiger partial charge in [0, 0.05) is 18.6 Å². The van der Waals surface area contributed by atoms with E-state index >= 15 is 0 Å². The Labute approximate surface area is 93.9 Å². The Hall–Kier alpha value is -0.120. The molecule has 0 aromatic carbocycles. The van der Waals surface area contributed by atoms with Crippen molar-refractivity contribution in [3.63, 3.8) is 0 Å². The van der Waals surface area contributed by atoms with E-state index in [-0.39, 0.29) is 6.04 Å². The van der Waals surface area contributed by atoms with Crippen LogP contribution < -0.4 is 5.32 Å². The normalized spacial score (nSPS) is 31.6. The zero-order chi connectivity index (χ0) is 11.6. The van der Waals surface area contributed by atoms with E-state index in [2.05, 4.69) is 31.1 Å². The van der Waals surface area contributed by atoms with Crippen LogP contribution in [0.25, 0.3) is 0 Å². The monoisotopic (exact) mass is 214 g/mol. The minimum absolute atomic E-state index is 0.147. The summed E-state index contributed by atoms with van der Waals surface area (Å²) in [6.07, 6.45) is 1.18. The van der Waals surface area contributed by atoms with Gasteiger partial charge in [0.05, 0.1) is 5.60 Å². The predicted molar refractivity (Wildman–Crippen MR) is 64.0 cm³/mol. The highest BCUT2D eigenvalue weighted by Gasteiger charge is 2.29. The summed E-state index contributed by atoms with van der Waals surface area (Å²) in [5.74, 6) is 0.661. The molecule has 3 heteroatoms. The molecule has 0 radical (unpaired) electrons. The van der Waals surface area contributed by atoms with E-state index in [0.29, 0.717) is 12.0 Å². The van der Waals surface area contributed by atoms with E-state index in [9.17, 15) is 5.11 Å². The van der Waals surface area contributed by atoms with Crippen LogP contribution in [0, 0.1) is 5.92 Å². The van der Waals surface area contributed by atoms with Gasteiger partial charge in [-0.05, 0) is 46.7 Å². The summed E-state index contributed by atoms with van der Waals surface area (Å²) in [5.41, 5.74) is -0.636. The van der Waals surface area contributed by atoms with Crippen molar-refractivity contribution in [3.05, 3.63) is 0 Å². The second-order valence-corrected chi connectivity index (χ2v) is 5.68. The molecule has 0 amide bonds. The fourth-order valence-electron chi connectivity index (χ4n) is 2.13. The molecule has 0 aromatic rings. The van der Waals surface area contributed by atoms with Crippen LogP contribution in [0.15, 0.2) is 0 Å². The first-order valence-corrected chi connectivity index (χ1v) is 5.97. The molecule has 1 heterocycles. The molecule has 1 fully saturated rings. The van der Waals surface area contributed by atoms with Gasteiger partial charge in [-0.15, -0.1) is 0 Å². The number of piperidine rings is 1. The molecule has 3 unspecified atom stereocenters. The van der Waals surface area contributed by atoms with Crippen molar-refractivity contribution in [2.24, 2.45) is 5.92 Å². The second-order valence-electron chi connectivity index (χ2n) is 5.68. The van der Waals surface area contributed by atoms with Gasteiger partial charge in [0.2, 0.25) is 0 Å². The Morgan fingerprint density at radius 3 is 2.53 bits per heavy atom. The zero-order valence-corrected chi connectivity index (χ0v) is 10.7. The molecule has 0 spiro atoms. The van der Waals surface area contributed by atoms with E-state index in [1.807, 2.05) is 13.8 Å². The van der Waals surface area contributed by atoms with Gasteiger partial charge in [0.25, 0.3) is 0 Å². The maximum atomic E-state index is 9.88. The standard InChI is InChI=1S/C12H26N2O/c1-9-8-14(5)7-6-11(9)13-10(2)12(3,4)15/h9-11,13,15H,6-8H2,1-5H3. The lowest BCUT2D eigenvalue weighted by Gasteiger charge is -2.39. The van der Waals surface area contributed by atoms with Crippen LogP contribution >= 0.6 is 0 Å². The molecule has 1 aliphatic rings. The number of nitrogens with one attached hydrogen (secondary N) is 1. The summed E-state index contributed by atoms with van der Waals surface area (Å²) < 4.78 is 0. The lowest BCUT2D eigenvalue weighted by Crippen LogP contribution is -2.54. The predicted octanol–water partition coefficient (Wildman–Crippen LogP) is 1.08. The van der Waals surface area contributed by atoms with E-state index in [4.69, 9.17) is 0 Å². The zero-order valence-electron chi connectivity index (χ0n) is 10.7. The number of aliphatic hydroxyl groups is 1. The van der Waals surface area contributed by atoms with Crippen LogP contribution in [0.1, 0.15) is 34.1 Å². The number of rotatable bonds is 3. The smallest absolute Gasteiger partial charge is 0.0741 e. The SMILES string of the molecule is CC1CN(C)CCC1NC(C)C(C)(C)O. The number of hydrogen-bond acceptors (Lipinski definition) is 3. The van der Waals surface area contributed by atoms with Gasteiger partial charge in [0.15, 0.2) is 0 Å². The number of hydrogen-bond donors (Lipinski definition) is 2. The Kier molecular flexibility index (Phi) is 4.15. The average Bonchev–Trinajstić information content (AvgIpc) is 2.08. The molecular weight excluding hydrogens is 188 g/mol. The Balaban J connectivity index is 2.45. The highest BCUT2D eigenvalue weighted by molar-refractivity contribution is 4.88. The molecule has 0 saturated carbocycles. The van der Waals surface area contributed by atoms with E-state index in [1.54, 1.807) is 0 Å². The van der Waals surface area contributed by atoms with Gasteiger partial charge in [0.1, 0.15) is 0 Å². The fraction of sp³-hybridized carbons (Fsp3) is 1.00. The second kappa shape index (κ2) is 4.81. The molecular formula is C12H26N2O. The van der Waals surface area contributed by atoms with Crippen molar-refractivity contribution in [2.75, 3.05) is 20.1 Å². The topological polar surface area (TPSA) is 35.5 Å². The minimum atomic E-state index is -0.636. The van der Waals surface area contributed by atoms with Crippen molar-refractivity contribution < 1.29 is 5.11 Å². The third-order valence-electron chi connectivity index (χ3n) is 3.63. The summed E-state index contributed by atoms with van der Waals surface area (Å²) in [7, 11) is 2.17. The Bertz CT molecular complexity index is 200. The average molecular weight is 214 g/mol. The minimum Gasteiger partial charge on any atom is -0.389 e. The van der Waals surface area contributed by atoms with Gasteiger partial charge >= 0.3 is 0 Å². The largest absolute Gasteiger partial charge is 0.389 e. The Morgan fingerprint density at radius 1 is 1.47 bits per heavy atom. The van der Waals surface area contributed by atoms with Crippen molar-refractivity contribution in [1.29, 1.82) is 0 Å². The third kappa shape index (κ3) is 3.74. The lowest BCUT2D eigenvalue weighted by molar-refractivity contribution is 0.0308. The van der Waals surface area contributed by atoms with Gasteiger partial charge < -0.3 is 15.3 Å². The molecule has 3 atom stereocenters. The summed E-state index contributed by atoms with van der Waals surface area (Å²) in [5, 5.41) is 13.4. The first kappa shape index (κ1) is 12.9. The molecule has 0 aromatic heterocycles. The van der Waals surface area contributed by atoms with Crippen molar-refractivity contribution in [2.45, 2.75) is 51.8 Å².